The summed E-state index contributed by atoms with van der Waals surface area (Å²) in [5.74, 6) is -1.93. The van der Waals surface area contributed by atoms with Crippen molar-refractivity contribution in [1.29, 1.82) is 0 Å². The van der Waals surface area contributed by atoms with Crippen LogP contribution in [0.5, 0.6) is 11.5 Å². The Hall–Kier alpha value is -3.43. The molecule has 0 amide bonds. The standard InChI is InChI=1S/C20H16B2O8/c23-19(13-7-1-3-9-15(13)21(25)26)29-17-11-5-6-12-18(17)30-20(24)14-8-2-4-10-16(14)22(27)28/h1-12,25-28H. The lowest BCUT2D eigenvalue weighted by molar-refractivity contribution is 0.0683. The smallest absolute Gasteiger partial charge is 0.423 e. The molecule has 10 heteroatoms. The summed E-state index contributed by atoms with van der Waals surface area (Å²) in [6.07, 6.45) is 0. The Bertz CT molecular complexity index is 983. The van der Waals surface area contributed by atoms with Crippen LogP contribution in [-0.2, 0) is 0 Å². The molecule has 0 atom stereocenters. The summed E-state index contributed by atoms with van der Waals surface area (Å²) in [5, 5.41) is 37.7. The number of rotatable bonds is 6. The molecule has 0 aliphatic rings. The van der Waals surface area contributed by atoms with Crippen LogP contribution in [0.1, 0.15) is 20.7 Å². The van der Waals surface area contributed by atoms with Gasteiger partial charge in [-0.3, -0.25) is 0 Å². The number of hydrogen-bond acceptors (Lipinski definition) is 8. The Morgan fingerprint density at radius 3 is 1.27 bits per heavy atom. The zero-order chi connectivity index (χ0) is 21.7. The van der Waals surface area contributed by atoms with Gasteiger partial charge in [0.1, 0.15) is 0 Å². The van der Waals surface area contributed by atoms with Crippen molar-refractivity contribution in [2.75, 3.05) is 0 Å². The van der Waals surface area contributed by atoms with Crippen LogP contribution in [0.4, 0.5) is 0 Å². The maximum atomic E-state index is 12.5. The zero-order valence-corrected chi connectivity index (χ0v) is 15.5. The van der Waals surface area contributed by atoms with Crippen molar-refractivity contribution in [3.63, 3.8) is 0 Å². The first kappa shape index (κ1) is 21.3. The van der Waals surface area contributed by atoms with E-state index in [1.54, 1.807) is 12.1 Å². The van der Waals surface area contributed by atoms with Crippen molar-refractivity contribution >= 4 is 37.1 Å². The van der Waals surface area contributed by atoms with Gasteiger partial charge in [-0.1, -0.05) is 48.5 Å². The molecule has 0 saturated heterocycles. The lowest BCUT2D eigenvalue weighted by Gasteiger charge is -2.13. The van der Waals surface area contributed by atoms with E-state index in [1.807, 2.05) is 0 Å². The van der Waals surface area contributed by atoms with Gasteiger partial charge in [0, 0.05) is 0 Å². The molecule has 0 aromatic heterocycles. The molecule has 0 aliphatic carbocycles. The first-order valence-corrected chi connectivity index (χ1v) is 8.82. The highest BCUT2D eigenvalue weighted by atomic mass is 16.6. The molecule has 0 spiro atoms. The number of esters is 2. The van der Waals surface area contributed by atoms with Crippen molar-refractivity contribution in [2.24, 2.45) is 0 Å². The predicted molar refractivity (Wildman–Crippen MR) is 109 cm³/mol. The van der Waals surface area contributed by atoms with Gasteiger partial charge < -0.3 is 29.6 Å². The molecular weight excluding hydrogens is 390 g/mol. The van der Waals surface area contributed by atoms with E-state index in [0.717, 1.165) is 0 Å². The molecular formula is C20H16B2O8. The molecule has 3 aromatic carbocycles. The van der Waals surface area contributed by atoms with Gasteiger partial charge in [0.05, 0.1) is 11.1 Å². The fourth-order valence-electron chi connectivity index (χ4n) is 2.74. The SMILES string of the molecule is O=C(Oc1ccccc1OC(=O)c1ccccc1B(O)O)c1ccccc1B(O)O. The fourth-order valence-corrected chi connectivity index (χ4v) is 2.74. The Morgan fingerprint density at radius 2 is 0.900 bits per heavy atom. The normalized spacial score (nSPS) is 10.3. The van der Waals surface area contributed by atoms with E-state index < -0.39 is 26.2 Å². The molecule has 0 unspecified atom stereocenters. The fraction of sp³-hybridized carbons (Fsp3) is 0. The summed E-state index contributed by atoms with van der Waals surface area (Å²) in [6, 6.07) is 17.5. The van der Waals surface area contributed by atoms with Crippen LogP contribution in [0.2, 0.25) is 0 Å². The minimum atomic E-state index is -1.87. The van der Waals surface area contributed by atoms with Crippen molar-refractivity contribution in [3.05, 3.63) is 83.9 Å². The molecule has 3 rings (SSSR count). The number of carbonyl (C=O) groups is 2. The van der Waals surface area contributed by atoms with Crippen LogP contribution < -0.4 is 20.4 Å². The third kappa shape index (κ3) is 4.76. The molecule has 30 heavy (non-hydrogen) atoms. The van der Waals surface area contributed by atoms with Crippen molar-refractivity contribution < 1.29 is 39.2 Å². The van der Waals surface area contributed by atoms with Gasteiger partial charge in [-0.05, 0) is 35.2 Å². The van der Waals surface area contributed by atoms with E-state index in [4.69, 9.17) is 9.47 Å². The Kier molecular flexibility index (Phi) is 6.65. The quantitative estimate of drug-likeness (QED) is 0.244. The van der Waals surface area contributed by atoms with Crippen molar-refractivity contribution in [2.45, 2.75) is 0 Å². The van der Waals surface area contributed by atoms with E-state index in [1.165, 1.54) is 60.7 Å². The highest BCUT2D eigenvalue weighted by Gasteiger charge is 2.24. The second-order valence-electron chi connectivity index (χ2n) is 6.15. The molecule has 8 nitrogen and oxygen atoms in total. The lowest BCUT2D eigenvalue weighted by Crippen LogP contribution is -2.36. The summed E-state index contributed by atoms with van der Waals surface area (Å²) in [6.45, 7) is 0. The first-order chi connectivity index (χ1) is 14.4. The number of hydrogen-bond donors (Lipinski definition) is 4. The summed E-state index contributed by atoms with van der Waals surface area (Å²) in [4.78, 5) is 25.1. The third-order valence-electron chi connectivity index (χ3n) is 4.17. The van der Waals surface area contributed by atoms with Crippen molar-refractivity contribution in [3.8, 4) is 11.5 Å². The molecule has 150 valence electrons. The third-order valence-corrected chi connectivity index (χ3v) is 4.17. The highest BCUT2D eigenvalue weighted by molar-refractivity contribution is 6.60. The van der Waals surface area contributed by atoms with Gasteiger partial charge in [0.25, 0.3) is 0 Å². The molecule has 0 aliphatic heterocycles. The van der Waals surface area contributed by atoms with Gasteiger partial charge in [-0.2, -0.15) is 0 Å². The molecule has 0 radical (unpaired) electrons. The Morgan fingerprint density at radius 1 is 0.567 bits per heavy atom. The Balaban J connectivity index is 1.86. The van der Waals surface area contributed by atoms with Crippen LogP contribution in [-0.4, -0.2) is 46.3 Å². The van der Waals surface area contributed by atoms with Crippen LogP contribution in [0.25, 0.3) is 0 Å². The molecule has 0 fully saturated rings. The van der Waals surface area contributed by atoms with Gasteiger partial charge in [0.2, 0.25) is 0 Å². The average molecular weight is 406 g/mol. The minimum absolute atomic E-state index is 0.0390. The monoisotopic (exact) mass is 406 g/mol. The molecule has 0 bridgehead atoms. The topological polar surface area (TPSA) is 134 Å². The van der Waals surface area contributed by atoms with Crippen molar-refractivity contribution in [1.82, 2.24) is 0 Å². The predicted octanol–water partition coefficient (Wildman–Crippen LogP) is -0.515. The van der Waals surface area contributed by atoms with E-state index in [2.05, 4.69) is 0 Å². The highest BCUT2D eigenvalue weighted by Crippen LogP contribution is 2.28. The molecule has 4 N–H and O–H groups in total. The minimum Gasteiger partial charge on any atom is -0.423 e. The zero-order valence-electron chi connectivity index (χ0n) is 15.5. The summed E-state index contributed by atoms with van der Waals surface area (Å²) in [5.41, 5.74) is -0.213. The summed E-state index contributed by atoms with van der Waals surface area (Å²) < 4.78 is 10.6. The van der Waals surface area contributed by atoms with Crippen LogP contribution in [0.15, 0.2) is 72.8 Å². The van der Waals surface area contributed by atoms with E-state index in [-0.39, 0.29) is 33.6 Å². The lowest BCUT2D eigenvalue weighted by atomic mass is 9.77. The van der Waals surface area contributed by atoms with Gasteiger partial charge in [-0.25, -0.2) is 9.59 Å². The molecule has 0 saturated carbocycles. The largest absolute Gasteiger partial charge is 0.489 e. The average Bonchev–Trinajstić information content (AvgIpc) is 2.75. The molecule has 0 heterocycles. The van der Waals surface area contributed by atoms with Gasteiger partial charge in [-0.15, -0.1) is 0 Å². The second kappa shape index (κ2) is 9.38. The first-order valence-electron chi connectivity index (χ1n) is 8.82. The molecule has 3 aromatic rings. The maximum absolute atomic E-state index is 12.5. The van der Waals surface area contributed by atoms with Crippen LogP contribution >= 0.6 is 0 Å². The maximum Gasteiger partial charge on any atom is 0.489 e. The van der Waals surface area contributed by atoms with E-state index in [9.17, 15) is 29.7 Å². The number of ether oxygens (including phenoxy) is 2. The van der Waals surface area contributed by atoms with E-state index >= 15 is 0 Å². The van der Waals surface area contributed by atoms with Crippen LogP contribution in [0, 0.1) is 0 Å². The second-order valence-corrected chi connectivity index (χ2v) is 6.15. The van der Waals surface area contributed by atoms with Gasteiger partial charge >= 0.3 is 26.2 Å². The van der Waals surface area contributed by atoms with Crippen LogP contribution in [0.3, 0.4) is 0 Å². The number of carbonyl (C=O) groups excluding carboxylic acids is 2. The number of para-hydroxylation sites is 2. The summed E-state index contributed by atoms with van der Waals surface area (Å²) in [7, 11) is -3.74. The van der Waals surface area contributed by atoms with Gasteiger partial charge in [0.15, 0.2) is 11.5 Å². The number of benzene rings is 3. The summed E-state index contributed by atoms with van der Waals surface area (Å²) >= 11 is 0. The Labute approximate surface area is 172 Å². The van der Waals surface area contributed by atoms with E-state index in [0.29, 0.717) is 0 Å².